The molecule has 1 heterocycles. The van der Waals surface area contributed by atoms with E-state index in [1.54, 1.807) is 11.3 Å². The first-order valence-corrected chi connectivity index (χ1v) is 8.90. The minimum Gasteiger partial charge on any atom is -0.241 e. The minimum atomic E-state index is 0.292. The summed E-state index contributed by atoms with van der Waals surface area (Å²) in [5, 5.41) is 1.17. The molecule has 1 atom stereocenters. The van der Waals surface area contributed by atoms with Crippen LogP contribution in [0.2, 0.25) is 0 Å². The van der Waals surface area contributed by atoms with Crippen molar-refractivity contribution in [1.82, 2.24) is 4.98 Å². The van der Waals surface area contributed by atoms with Gasteiger partial charge in [0.15, 0.2) is 0 Å². The number of aryl methyl sites for hydroxylation is 1. The second-order valence-electron chi connectivity index (χ2n) is 4.75. The number of alkyl halides is 1. The first-order chi connectivity index (χ1) is 9.63. The monoisotopic (exact) mass is 409 g/mol. The lowest BCUT2D eigenvalue weighted by Crippen LogP contribution is -1.97. The largest absolute Gasteiger partial charge is 0.241 e. The zero-order valence-corrected chi connectivity index (χ0v) is 14.9. The lowest BCUT2D eigenvalue weighted by Gasteiger charge is -2.12. The number of hydrogen-bond acceptors (Lipinski definition) is 2. The normalized spacial score (nSPS) is 12.8. The third-order valence-corrected chi connectivity index (χ3v) is 5.64. The van der Waals surface area contributed by atoms with Gasteiger partial charge in [-0.05, 0) is 42.3 Å². The van der Waals surface area contributed by atoms with Gasteiger partial charge in [0.2, 0.25) is 0 Å². The summed E-state index contributed by atoms with van der Waals surface area (Å²) in [4.78, 5) is 5.00. The highest BCUT2D eigenvalue weighted by Crippen LogP contribution is 2.33. The summed E-state index contributed by atoms with van der Waals surface area (Å²) < 4.78 is 2.38. The molecule has 4 heteroatoms. The fraction of sp³-hybridized carbons (Fsp3) is 0.188. The van der Waals surface area contributed by atoms with E-state index in [-0.39, 0.29) is 0 Å². The van der Waals surface area contributed by atoms with Gasteiger partial charge in [-0.25, -0.2) is 4.98 Å². The van der Waals surface area contributed by atoms with E-state index in [1.807, 2.05) is 6.07 Å². The molecular formula is C16H13Br2NS. The van der Waals surface area contributed by atoms with Gasteiger partial charge < -0.3 is 0 Å². The summed E-state index contributed by atoms with van der Waals surface area (Å²) in [5.74, 6) is 0. The fourth-order valence-corrected chi connectivity index (χ4v) is 4.62. The molecule has 0 saturated heterocycles. The van der Waals surface area contributed by atoms with E-state index < -0.39 is 0 Å². The van der Waals surface area contributed by atoms with Crippen molar-refractivity contribution in [3.63, 3.8) is 0 Å². The van der Waals surface area contributed by atoms with E-state index in [4.69, 9.17) is 4.98 Å². The molecular weight excluding hydrogens is 398 g/mol. The molecule has 0 fully saturated rings. The average molecular weight is 411 g/mol. The third kappa shape index (κ3) is 2.97. The number of benzene rings is 2. The Morgan fingerprint density at radius 3 is 2.80 bits per heavy atom. The quantitative estimate of drug-likeness (QED) is 0.479. The standard InChI is InChI=1S/C16H13Br2NS/c1-10-6-7-11(17)8-12(10)13(18)9-16-19-14-4-2-3-5-15(14)20-16/h2-8,13H,9H2,1H3. The molecule has 3 aromatic rings. The van der Waals surface area contributed by atoms with Gasteiger partial charge in [0, 0.05) is 15.7 Å². The maximum absolute atomic E-state index is 4.71. The first kappa shape index (κ1) is 14.2. The van der Waals surface area contributed by atoms with Crippen molar-refractivity contribution in [2.45, 2.75) is 18.2 Å². The van der Waals surface area contributed by atoms with Crippen LogP contribution in [0.1, 0.15) is 21.0 Å². The second-order valence-corrected chi connectivity index (χ2v) is 7.88. The van der Waals surface area contributed by atoms with Crippen LogP contribution in [0, 0.1) is 6.92 Å². The van der Waals surface area contributed by atoms with Crippen LogP contribution in [-0.2, 0) is 6.42 Å². The Labute approximate surface area is 139 Å². The zero-order valence-electron chi connectivity index (χ0n) is 10.9. The van der Waals surface area contributed by atoms with Crippen molar-refractivity contribution in [1.29, 1.82) is 0 Å². The number of rotatable bonds is 3. The van der Waals surface area contributed by atoms with Crippen molar-refractivity contribution in [2.24, 2.45) is 0 Å². The van der Waals surface area contributed by atoms with Gasteiger partial charge >= 0.3 is 0 Å². The predicted octanol–water partition coefficient (Wildman–Crippen LogP) is 6.05. The lowest BCUT2D eigenvalue weighted by molar-refractivity contribution is 0.927. The Kier molecular flexibility index (Phi) is 4.24. The predicted molar refractivity (Wildman–Crippen MR) is 93.9 cm³/mol. The molecule has 20 heavy (non-hydrogen) atoms. The maximum Gasteiger partial charge on any atom is 0.0953 e. The smallest absolute Gasteiger partial charge is 0.0953 e. The molecule has 1 nitrogen and oxygen atoms in total. The van der Waals surface area contributed by atoms with Crippen LogP contribution in [0.5, 0.6) is 0 Å². The number of thiazole rings is 1. The number of nitrogens with zero attached hydrogens (tertiary/aromatic N) is 1. The molecule has 0 radical (unpaired) electrons. The van der Waals surface area contributed by atoms with E-state index in [2.05, 4.69) is 75.2 Å². The Morgan fingerprint density at radius 2 is 2.00 bits per heavy atom. The Bertz CT molecular complexity index is 718. The van der Waals surface area contributed by atoms with Crippen LogP contribution in [0.25, 0.3) is 10.2 Å². The SMILES string of the molecule is Cc1ccc(Br)cc1C(Br)Cc1nc2ccccc2s1. The number of aromatic nitrogens is 1. The van der Waals surface area contributed by atoms with Crippen LogP contribution in [0.15, 0.2) is 46.9 Å². The molecule has 0 aliphatic heterocycles. The van der Waals surface area contributed by atoms with Crippen LogP contribution in [0.4, 0.5) is 0 Å². The summed E-state index contributed by atoms with van der Waals surface area (Å²) in [5.41, 5.74) is 3.72. The van der Waals surface area contributed by atoms with Gasteiger partial charge in [-0.15, -0.1) is 11.3 Å². The third-order valence-electron chi connectivity index (χ3n) is 3.27. The number of para-hydroxylation sites is 1. The molecule has 1 unspecified atom stereocenters. The molecule has 0 N–H and O–H groups in total. The highest BCUT2D eigenvalue weighted by atomic mass is 79.9. The maximum atomic E-state index is 4.71. The van der Waals surface area contributed by atoms with Crippen molar-refractivity contribution in [2.75, 3.05) is 0 Å². The van der Waals surface area contributed by atoms with Crippen molar-refractivity contribution in [3.8, 4) is 0 Å². The second kappa shape index (κ2) is 5.96. The molecule has 0 spiro atoms. The van der Waals surface area contributed by atoms with Gasteiger partial charge in [0.1, 0.15) is 0 Å². The molecule has 0 saturated carbocycles. The van der Waals surface area contributed by atoms with Crippen molar-refractivity contribution < 1.29 is 0 Å². The average Bonchev–Trinajstić information content (AvgIpc) is 2.83. The van der Waals surface area contributed by atoms with Crippen LogP contribution in [0.3, 0.4) is 0 Å². The Morgan fingerprint density at radius 1 is 1.20 bits per heavy atom. The summed E-state index contributed by atoms with van der Waals surface area (Å²) in [6, 6.07) is 14.7. The van der Waals surface area contributed by atoms with Crippen LogP contribution < -0.4 is 0 Å². The summed E-state index contributed by atoms with van der Waals surface area (Å²) in [7, 11) is 0. The van der Waals surface area contributed by atoms with E-state index in [0.717, 1.165) is 16.4 Å². The van der Waals surface area contributed by atoms with Crippen LogP contribution >= 0.6 is 43.2 Å². The van der Waals surface area contributed by atoms with E-state index in [1.165, 1.54) is 20.8 Å². The first-order valence-electron chi connectivity index (χ1n) is 6.38. The fourth-order valence-electron chi connectivity index (χ4n) is 2.22. The highest BCUT2D eigenvalue weighted by molar-refractivity contribution is 9.10. The molecule has 102 valence electrons. The molecule has 1 aromatic heterocycles. The van der Waals surface area contributed by atoms with Crippen molar-refractivity contribution >= 4 is 53.4 Å². The summed E-state index contributed by atoms with van der Waals surface area (Å²) >= 11 is 9.13. The Balaban J connectivity index is 1.88. The molecule has 2 aromatic carbocycles. The highest BCUT2D eigenvalue weighted by Gasteiger charge is 2.14. The topological polar surface area (TPSA) is 12.9 Å². The molecule has 0 aliphatic carbocycles. The lowest BCUT2D eigenvalue weighted by atomic mass is 10.0. The van der Waals surface area contributed by atoms with Crippen LogP contribution in [-0.4, -0.2) is 4.98 Å². The van der Waals surface area contributed by atoms with Gasteiger partial charge in [-0.1, -0.05) is 50.1 Å². The van der Waals surface area contributed by atoms with E-state index >= 15 is 0 Å². The van der Waals surface area contributed by atoms with E-state index in [9.17, 15) is 0 Å². The minimum absolute atomic E-state index is 0.292. The zero-order chi connectivity index (χ0) is 14.1. The summed E-state index contributed by atoms with van der Waals surface area (Å²) in [6.45, 7) is 2.15. The van der Waals surface area contributed by atoms with Gasteiger partial charge in [-0.2, -0.15) is 0 Å². The number of fused-ring (bicyclic) bond motifs is 1. The molecule has 3 rings (SSSR count). The summed E-state index contributed by atoms with van der Waals surface area (Å²) in [6.07, 6.45) is 0.913. The molecule has 0 aliphatic rings. The van der Waals surface area contributed by atoms with Crippen molar-refractivity contribution in [3.05, 3.63) is 63.1 Å². The van der Waals surface area contributed by atoms with Gasteiger partial charge in [0.25, 0.3) is 0 Å². The van der Waals surface area contributed by atoms with Gasteiger partial charge in [0.05, 0.1) is 15.2 Å². The number of hydrogen-bond donors (Lipinski definition) is 0. The van der Waals surface area contributed by atoms with Gasteiger partial charge in [-0.3, -0.25) is 0 Å². The van der Waals surface area contributed by atoms with E-state index in [0.29, 0.717) is 4.83 Å². The number of halogens is 2. The molecule has 0 bridgehead atoms. The molecule has 0 amide bonds. The Hall–Kier alpha value is -0.710.